The van der Waals surface area contributed by atoms with E-state index in [2.05, 4.69) is 5.10 Å². The van der Waals surface area contributed by atoms with Crippen molar-refractivity contribution in [2.24, 2.45) is 0 Å². The Morgan fingerprint density at radius 1 is 1.35 bits per heavy atom. The first kappa shape index (κ1) is 11.4. The van der Waals surface area contributed by atoms with E-state index in [0.29, 0.717) is 12.1 Å². The summed E-state index contributed by atoms with van der Waals surface area (Å²) in [6, 6.07) is 7.78. The summed E-state index contributed by atoms with van der Waals surface area (Å²) in [6.45, 7) is 2.48. The smallest absolute Gasteiger partial charge is 0.153 e. The van der Waals surface area contributed by atoms with Crippen molar-refractivity contribution in [1.29, 1.82) is 0 Å². The van der Waals surface area contributed by atoms with Gasteiger partial charge in [0.15, 0.2) is 6.29 Å². The summed E-state index contributed by atoms with van der Waals surface area (Å²) < 4.78 is 6.86. The van der Waals surface area contributed by atoms with Gasteiger partial charge in [-0.05, 0) is 24.6 Å². The van der Waals surface area contributed by atoms with E-state index >= 15 is 0 Å². The Balaban J connectivity index is 2.16. The van der Waals surface area contributed by atoms with Crippen molar-refractivity contribution in [3.63, 3.8) is 0 Å². The number of aldehydes is 1. The van der Waals surface area contributed by atoms with Gasteiger partial charge in [-0.1, -0.05) is 12.1 Å². The zero-order valence-electron chi connectivity index (χ0n) is 9.88. The Morgan fingerprint density at radius 3 is 2.59 bits per heavy atom. The van der Waals surface area contributed by atoms with Crippen LogP contribution in [0.3, 0.4) is 0 Å². The molecule has 1 aromatic carbocycles. The number of rotatable bonds is 4. The maximum absolute atomic E-state index is 10.7. The molecule has 0 unspecified atom stereocenters. The van der Waals surface area contributed by atoms with Crippen LogP contribution < -0.4 is 4.74 Å². The van der Waals surface area contributed by atoms with E-state index < -0.39 is 0 Å². The van der Waals surface area contributed by atoms with Crippen LogP contribution in [0.5, 0.6) is 5.75 Å². The zero-order chi connectivity index (χ0) is 12.3. The van der Waals surface area contributed by atoms with Gasteiger partial charge in [-0.25, -0.2) is 0 Å². The first-order chi connectivity index (χ1) is 8.22. The maximum Gasteiger partial charge on any atom is 0.153 e. The summed E-state index contributed by atoms with van der Waals surface area (Å²) in [7, 11) is 1.64. The highest BCUT2D eigenvalue weighted by Crippen LogP contribution is 2.12. The van der Waals surface area contributed by atoms with E-state index in [-0.39, 0.29) is 0 Å². The van der Waals surface area contributed by atoms with E-state index in [1.54, 1.807) is 18.0 Å². The van der Waals surface area contributed by atoms with Crippen molar-refractivity contribution in [2.75, 3.05) is 7.11 Å². The normalized spacial score (nSPS) is 10.2. The molecule has 0 radical (unpaired) electrons. The zero-order valence-corrected chi connectivity index (χ0v) is 9.88. The van der Waals surface area contributed by atoms with Crippen LogP contribution in [0.1, 0.15) is 21.6 Å². The lowest BCUT2D eigenvalue weighted by atomic mass is 10.2. The molecular formula is C13H14N2O2. The van der Waals surface area contributed by atoms with Gasteiger partial charge < -0.3 is 4.74 Å². The number of benzene rings is 1. The van der Waals surface area contributed by atoms with Crippen LogP contribution >= 0.6 is 0 Å². The van der Waals surface area contributed by atoms with Crippen LogP contribution in [-0.2, 0) is 6.54 Å². The SMILES string of the molecule is COc1ccc(Cn2cc(C=O)c(C)n2)cc1. The number of nitrogens with zero attached hydrogens (tertiary/aromatic N) is 2. The quantitative estimate of drug-likeness (QED) is 0.755. The number of aromatic nitrogens is 2. The summed E-state index contributed by atoms with van der Waals surface area (Å²) in [5, 5.41) is 4.27. The molecule has 17 heavy (non-hydrogen) atoms. The second kappa shape index (κ2) is 4.82. The Morgan fingerprint density at radius 2 is 2.06 bits per heavy atom. The molecule has 0 saturated heterocycles. The number of ether oxygens (including phenoxy) is 1. The van der Waals surface area contributed by atoms with Gasteiger partial charge in [0.1, 0.15) is 5.75 Å². The molecule has 1 aromatic heterocycles. The number of hydrogen-bond acceptors (Lipinski definition) is 3. The molecule has 0 atom stereocenters. The average molecular weight is 230 g/mol. The van der Waals surface area contributed by atoms with Gasteiger partial charge in [-0.3, -0.25) is 9.48 Å². The van der Waals surface area contributed by atoms with Crippen LogP contribution in [-0.4, -0.2) is 23.2 Å². The number of hydrogen-bond donors (Lipinski definition) is 0. The Kier molecular flexibility index (Phi) is 3.23. The van der Waals surface area contributed by atoms with Gasteiger partial charge in [0.25, 0.3) is 0 Å². The fourth-order valence-corrected chi connectivity index (χ4v) is 1.65. The van der Waals surface area contributed by atoms with Gasteiger partial charge in [0.2, 0.25) is 0 Å². The summed E-state index contributed by atoms with van der Waals surface area (Å²) in [4.78, 5) is 10.7. The van der Waals surface area contributed by atoms with Crippen molar-refractivity contribution >= 4 is 6.29 Å². The maximum atomic E-state index is 10.7. The third-order valence-electron chi connectivity index (χ3n) is 2.61. The van der Waals surface area contributed by atoms with E-state index in [9.17, 15) is 4.79 Å². The summed E-state index contributed by atoms with van der Waals surface area (Å²) in [5.74, 6) is 0.832. The van der Waals surface area contributed by atoms with Crippen LogP contribution in [0.2, 0.25) is 0 Å². The van der Waals surface area contributed by atoms with Gasteiger partial charge in [-0.2, -0.15) is 5.10 Å². The molecule has 0 bridgehead atoms. The van der Waals surface area contributed by atoms with Gasteiger partial charge in [0, 0.05) is 6.20 Å². The van der Waals surface area contributed by atoms with E-state index in [1.807, 2.05) is 31.2 Å². The van der Waals surface area contributed by atoms with Gasteiger partial charge >= 0.3 is 0 Å². The molecule has 4 heteroatoms. The third-order valence-corrected chi connectivity index (χ3v) is 2.61. The summed E-state index contributed by atoms with van der Waals surface area (Å²) in [6.07, 6.45) is 2.58. The lowest BCUT2D eigenvalue weighted by Gasteiger charge is -2.03. The fourth-order valence-electron chi connectivity index (χ4n) is 1.65. The molecule has 0 aliphatic heterocycles. The third kappa shape index (κ3) is 2.53. The predicted octanol–water partition coefficient (Wildman–Crippen LogP) is 2.06. The minimum absolute atomic E-state index is 0.638. The highest BCUT2D eigenvalue weighted by molar-refractivity contribution is 5.75. The Bertz CT molecular complexity index is 515. The minimum Gasteiger partial charge on any atom is -0.497 e. The van der Waals surface area contributed by atoms with E-state index in [1.165, 1.54) is 0 Å². The second-order valence-corrected chi connectivity index (χ2v) is 3.83. The number of methoxy groups -OCH3 is 1. The monoisotopic (exact) mass is 230 g/mol. The molecule has 0 N–H and O–H groups in total. The number of carbonyl (C=O) groups is 1. The lowest BCUT2D eigenvalue weighted by molar-refractivity contribution is 0.112. The highest BCUT2D eigenvalue weighted by Gasteiger charge is 2.04. The molecule has 0 saturated carbocycles. The van der Waals surface area contributed by atoms with Crippen LogP contribution in [0, 0.1) is 6.92 Å². The number of aryl methyl sites for hydroxylation is 1. The highest BCUT2D eigenvalue weighted by atomic mass is 16.5. The average Bonchev–Trinajstić information content (AvgIpc) is 2.70. The fraction of sp³-hybridized carbons (Fsp3) is 0.231. The molecule has 2 aromatic rings. The first-order valence-corrected chi connectivity index (χ1v) is 5.35. The summed E-state index contributed by atoms with van der Waals surface area (Å²) >= 11 is 0. The molecule has 4 nitrogen and oxygen atoms in total. The molecule has 1 heterocycles. The number of carbonyl (C=O) groups excluding carboxylic acids is 1. The molecule has 0 spiro atoms. The standard InChI is InChI=1S/C13H14N2O2/c1-10-12(9-16)8-15(14-10)7-11-3-5-13(17-2)6-4-11/h3-6,8-9H,7H2,1-2H3. The Hall–Kier alpha value is -2.10. The van der Waals surface area contributed by atoms with Crippen LogP contribution in [0.25, 0.3) is 0 Å². The predicted molar refractivity (Wildman–Crippen MR) is 64.4 cm³/mol. The van der Waals surface area contributed by atoms with Crippen LogP contribution in [0.15, 0.2) is 30.5 Å². The topological polar surface area (TPSA) is 44.1 Å². The van der Waals surface area contributed by atoms with Crippen molar-refractivity contribution in [2.45, 2.75) is 13.5 Å². The van der Waals surface area contributed by atoms with Crippen molar-refractivity contribution < 1.29 is 9.53 Å². The molecule has 88 valence electrons. The van der Waals surface area contributed by atoms with Gasteiger partial charge in [0.05, 0.1) is 24.9 Å². The van der Waals surface area contributed by atoms with Crippen molar-refractivity contribution in [1.82, 2.24) is 9.78 Å². The van der Waals surface area contributed by atoms with Crippen molar-refractivity contribution in [3.05, 3.63) is 47.3 Å². The summed E-state index contributed by atoms with van der Waals surface area (Å²) in [5.41, 5.74) is 2.51. The molecule has 0 fully saturated rings. The van der Waals surface area contributed by atoms with Crippen LogP contribution in [0.4, 0.5) is 0 Å². The molecule has 2 rings (SSSR count). The minimum atomic E-state index is 0.638. The Labute approximate surface area is 99.8 Å². The largest absolute Gasteiger partial charge is 0.497 e. The molecular weight excluding hydrogens is 216 g/mol. The molecule has 0 aliphatic carbocycles. The van der Waals surface area contributed by atoms with Gasteiger partial charge in [-0.15, -0.1) is 0 Å². The first-order valence-electron chi connectivity index (χ1n) is 5.35. The second-order valence-electron chi connectivity index (χ2n) is 3.83. The van der Waals surface area contributed by atoms with Crippen molar-refractivity contribution in [3.8, 4) is 5.75 Å². The van der Waals surface area contributed by atoms with E-state index in [4.69, 9.17) is 4.74 Å². The molecule has 0 aliphatic rings. The molecule has 0 amide bonds. The van der Waals surface area contributed by atoms with E-state index in [0.717, 1.165) is 23.3 Å². The lowest BCUT2D eigenvalue weighted by Crippen LogP contribution is -2.00.